The highest BCUT2D eigenvalue weighted by Crippen LogP contribution is 2.25. The molecule has 3 aromatic heterocycles. The fourth-order valence-corrected chi connectivity index (χ4v) is 3.56. The van der Waals surface area contributed by atoms with E-state index in [1.54, 1.807) is 36.9 Å². The summed E-state index contributed by atoms with van der Waals surface area (Å²) in [5.74, 6) is 1.68. The van der Waals surface area contributed by atoms with Crippen molar-refractivity contribution in [2.45, 2.75) is 20.3 Å². The molecule has 4 rings (SSSR count). The number of nitrogens with zero attached hydrogens (tertiary/aromatic N) is 6. The summed E-state index contributed by atoms with van der Waals surface area (Å²) in [6.45, 7) is 7.05. The topological polar surface area (TPSA) is 75.1 Å². The van der Waals surface area contributed by atoms with Crippen LogP contribution in [0.5, 0.6) is 0 Å². The molecule has 0 unspecified atom stereocenters. The number of carbonyl (C=O) groups is 1. The molecule has 148 valence electrons. The van der Waals surface area contributed by atoms with Crippen molar-refractivity contribution < 1.29 is 4.79 Å². The van der Waals surface area contributed by atoms with E-state index in [0.717, 1.165) is 48.7 Å². The molecule has 1 fully saturated rings. The fourth-order valence-electron chi connectivity index (χ4n) is 3.56. The number of hydrogen-bond donors (Lipinski definition) is 0. The number of hydrogen-bond acceptors (Lipinski definition) is 6. The van der Waals surface area contributed by atoms with Gasteiger partial charge in [0.15, 0.2) is 5.82 Å². The van der Waals surface area contributed by atoms with E-state index in [1.165, 1.54) is 0 Å². The van der Waals surface area contributed by atoms with Gasteiger partial charge in [0.2, 0.25) is 0 Å². The molecular formula is C22H24N6O. The third-order valence-corrected chi connectivity index (χ3v) is 5.29. The Hall–Kier alpha value is -3.35. The molecule has 1 saturated heterocycles. The van der Waals surface area contributed by atoms with Crippen LogP contribution < -0.4 is 4.90 Å². The van der Waals surface area contributed by atoms with Crippen molar-refractivity contribution in [2.24, 2.45) is 0 Å². The van der Waals surface area contributed by atoms with Gasteiger partial charge in [-0.25, -0.2) is 9.97 Å². The third-order valence-electron chi connectivity index (χ3n) is 5.29. The van der Waals surface area contributed by atoms with Gasteiger partial charge in [0.05, 0.1) is 0 Å². The van der Waals surface area contributed by atoms with Gasteiger partial charge in [-0.1, -0.05) is 0 Å². The van der Waals surface area contributed by atoms with Gasteiger partial charge in [0.25, 0.3) is 5.91 Å². The maximum atomic E-state index is 12.8. The Balaban J connectivity index is 1.56. The summed E-state index contributed by atoms with van der Waals surface area (Å²) in [5, 5.41) is 0. The Bertz CT molecular complexity index is 993. The molecule has 0 N–H and O–H groups in total. The van der Waals surface area contributed by atoms with Gasteiger partial charge in [-0.05, 0) is 44.5 Å². The van der Waals surface area contributed by atoms with E-state index >= 15 is 0 Å². The normalized spacial score (nSPS) is 14.6. The van der Waals surface area contributed by atoms with E-state index in [1.807, 2.05) is 24.0 Å². The molecule has 4 heterocycles. The largest absolute Gasteiger partial charge is 0.354 e. The molecule has 29 heavy (non-hydrogen) atoms. The molecule has 0 saturated carbocycles. The number of aryl methyl sites for hydroxylation is 1. The highest BCUT2D eigenvalue weighted by Gasteiger charge is 2.23. The average molecular weight is 388 g/mol. The molecular weight excluding hydrogens is 364 g/mol. The number of aromatic nitrogens is 4. The lowest BCUT2D eigenvalue weighted by Gasteiger charge is -2.25. The lowest BCUT2D eigenvalue weighted by Crippen LogP contribution is -2.35. The van der Waals surface area contributed by atoms with Crippen LogP contribution in [0.2, 0.25) is 0 Å². The van der Waals surface area contributed by atoms with Crippen molar-refractivity contribution >= 4 is 11.7 Å². The van der Waals surface area contributed by atoms with Crippen LogP contribution in [0.25, 0.3) is 11.4 Å². The molecule has 0 radical (unpaired) electrons. The molecule has 0 atom stereocenters. The standard InChI is InChI=1S/C22H24N6O/c1-16-17(2)25-20(19-5-3-8-24-15-19)26-21(16)27-11-4-12-28(14-13-27)22(29)18-6-9-23-10-7-18/h3,5-10,15H,4,11-14H2,1-2H3. The lowest BCUT2D eigenvalue weighted by molar-refractivity contribution is 0.0767. The molecule has 1 aliphatic rings. The van der Waals surface area contributed by atoms with Crippen LogP contribution in [0.4, 0.5) is 5.82 Å². The van der Waals surface area contributed by atoms with Crippen molar-refractivity contribution in [1.82, 2.24) is 24.8 Å². The molecule has 7 nitrogen and oxygen atoms in total. The van der Waals surface area contributed by atoms with Gasteiger partial charge in [-0.3, -0.25) is 14.8 Å². The highest BCUT2D eigenvalue weighted by molar-refractivity contribution is 5.94. The first-order valence-electron chi connectivity index (χ1n) is 9.83. The first-order chi connectivity index (χ1) is 14.1. The molecule has 1 aliphatic heterocycles. The van der Waals surface area contributed by atoms with E-state index in [2.05, 4.69) is 26.8 Å². The highest BCUT2D eigenvalue weighted by atomic mass is 16.2. The first kappa shape index (κ1) is 19.0. The molecule has 1 amide bonds. The summed E-state index contributed by atoms with van der Waals surface area (Å²) in [6.07, 6.45) is 7.73. The number of pyridine rings is 2. The number of rotatable bonds is 3. The van der Waals surface area contributed by atoms with E-state index in [-0.39, 0.29) is 5.91 Å². The van der Waals surface area contributed by atoms with Crippen molar-refractivity contribution in [3.63, 3.8) is 0 Å². The zero-order valence-corrected chi connectivity index (χ0v) is 16.7. The third kappa shape index (κ3) is 4.08. The van der Waals surface area contributed by atoms with Gasteiger partial charge >= 0.3 is 0 Å². The van der Waals surface area contributed by atoms with Gasteiger partial charge in [0.1, 0.15) is 5.82 Å². The van der Waals surface area contributed by atoms with E-state index in [4.69, 9.17) is 4.98 Å². The number of amides is 1. The maximum absolute atomic E-state index is 12.8. The van der Waals surface area contributed by atoms with Crippen LogP contribution >= 0.6 is 0 Å². The predicted octanol–water partition coefficient (Wildman–Crippen LogP) is 2.90. The Morgan fingerprint density at radius 3 is 2.52 bits per heavy atom. The second kappa shape index (κ2) is 8.34. The second-order valence-electron chi connectivity index (χ2n) is 7.19. The fraction of sp³-hybridized carbons (Fsp3) is 0.318. The first-order valence-corrected chi connectivity index (χ1v) is 9.83. The summed E-state index contributed by atoms with van der Waals surface area (Å²) in [7, 11) is 0. The van der Waals surface area contributed by atoms with Crippen LogP contribution in [0.3, 0.4) is 0 Å². The Morgan fingerprint density at radius 1 is 0.931 bits per heavy atom. The molecule has 0 bridgehead atoms. The van der Waals surface area contributed by atoms with Gasteiger partial charge in [0, 0.05) is 73.4 Å². The monoisotopic (exact) mass is 388 g/mol. The Morgan fingerprint density at radius 2 is 1.76 bits per heavy atom. The minimum absolute atomic E-state index is 0.0564. The van der Waals surface area contributed by atoms with Crippen LogP contribution in [0, 0.1) is 13.8 Å². The number of carbonyl (C=O) groups excluding carboxylic acids is 1. The number of anilines is 1. The smallest absolute Gasteiger partial charge is 0.254 e. The lowest BCUT2D eigenvalue weighted by atomic mass is 10.2. The minimum Gasteiger partial charge on any atom is -0.354 e. The van der Waals surface area contributed by atoms with Crippen LogP contribution in [0.15, 0.2) is 49.1 Å². The van der Waals surface area contributed by atoms with Crippen molar-refractivity contribution in [2.75, 3.05) is 31.1 Å². The molecule has 3 aromatic rings. The van der Waals surface area contributed by atoms with Crippen LogP contribution in [0.1, 0.15) is 28.0 Å². The van der Waals surface area contributed by atoms with E-state index in [0.29, 0.717) is 17.9 Å². The maximum Gasteiger partial charge on any atom is 0.254 e. The molecule has 0 aliphatic carbocycles. The Labute approximate surface area is 170 Å². The SMILES string of the molecule is Cc1nc(-c2cccnc2)nc(N2CCCN(C(=O)c3ccncc3)CC2)c1C. The van der Waals surface area contributed by atoms with Crippen molar-refractivity contribution in [3.8, 4) is 11.4 Å². The summed E-state index contributed by atoms with van der Waals surface area (Å²) in [6, 6.07) is 7.40. The average Bonchev–Trinajstić information content (AvgIpc) is 3.02. The summed E-state index contributed by atoms with van der Waals surface area (Å²) < 4.78 is 0. The van der Waals surface area contributed by atoms with Gasteiger partial charge < -0.3 is 9.80 Å². The molecule has 0 aromatic carbocycles. The predicted molar refractivity (Wildman–Crippen MR) is 112 cm³/mol. The Kier molecular flexibility index (Phi) is 5.46. The van der Waals surface area contributed by atoms with E-state index in [9.17, 15) is 4.79 Å². The summed E-state index contributed by atoms with van der Waals surface area (Å²) in [5.41, 5.74) is 3.62. The quantitative estimate of drug-likeness (QED) is 0.687. The molecule has 0 spiro atoms. The summed E-state index contributed by atoms with van der Waals surface area (Å²) >= 11 is 0. The molecule has 7 heteroatoms. The minimum atomic E-state index is 0.0564. The van der Waals surface area contributed by atoms with Gasteiger partial charge in [-0.15, -0.1) is 0 Å². The zero-order valence-electron chi connectivity index (χ0n) is 16.7. The summed E-state index contributed by atoms with van der Waals surface area (Å²) in [4.78, 5) is 34.7. The van der Waals surface area contributed by atoms with E-state index < -0.39 is 0 Å². The van der Waals surface area contributed by atoms with Crippen molar-refractivity contribution in [1.29, 1.82) is 0 Å². The van der Waals surface area contributed by atoms with Crippen LogP contribution in [-0.4, -0.2) is 56.9 Å². The van der Waals surface area contributed by atoms with Gasteiger partial charge in [-0.2, -0.15) is 0 Å². The van der Waals surface area contributed by atoms with Crippen LogP contribution in [-0.2, 0) is 0 Å². The zero-order chi connectivity index (χ0) is 20.2. The second-order valence-corrected chi connectivity index (χ2v) is 7.19. The van der Waals surface area contributed by atoms with Crippen molar-refractivity contribution in [3.05, 3.63) is 65.9 Å².